The molecule has 39 N–H and O–H groups in total. The van der Waals surface area contributed by atoms with Gasteiger partial charge in [-0.3, -0.25) is 118 Å². The molecule has 17 atom stereocenters. The van der Waals surface area contributed by atoms with E-state index in [1.807, 2.05) is 0 Å². The maximum atomic E-state index is 15.7. The number of fused-ring (bicyclic) bond motifs is 15. The number of carbonyl (C=O) groups excluding carboxylic acids is 18. The fourth-order valence-corrected chi connectivity index (χ4v) is 21.0. The lowest BCUT2D eigenvalue weighted by Crippen LogP contribution is -2.62. The van der Waals surface area contributed by atoms with Gasteiger partial charge in [0, 0.05) is 73.7 Å². The summed E-state index contributed by atoms with van der Waals surface area (Å²) in [6.45, 7) is 7.51. The maximum Gasteiger partial charge on any atom is 0.305 e. The first-order valence-electron chi connectivity index (χ1n) is 45.6. The van der Waals surface area contributed by atoms with Gasteiger partial charge in [0.05, 0.1) is 19.5 Å². The predicted octanol–water partition coefficient (Wildman–Crippen LogP) is -9.04. The molecule has 4 aliphatic heterocycles. The summed E-state index contributed by atoms with van der Waals surface area (Å²) in [6.07, 6.45) is -3.22. The fourth-order valence-electron chi connectivity index (χ4n) is 14.0. The van der Waals surface area contributed by atoms with Crippen LogP contribution in [-0.2, 0) is 97.5 Å². The summed E-state index contributed by atoms with van der Waals surface area (Å²) in [7, 11) is 4.69. The van der Waals surface area contributed by atoms with Crippen LogP contribution >= 0.6 is 64.8 Å². The number of carbonyl (C=O) groups is 19. The Labute approximate surface area is 838 Å². The number of guanidine groups is 5. The minimum Gasteiger partial charge on any atom is -0.481 e. The summed E-state index contributed by atoms with van der Waals surface area (Å²) in [6, 6.07) is -19.5. The molecule has 0 saturated carbocycles. The molecule has 141 heavy (non-hydrogen) atoms. The Bertz CT molecular complexity index is 4560. The molecule has 784 valence electrons. The van der Waals surface area contributed by atoms with Gasteiger partial charge in [0.25, 0.3) is 0 Å². The first kappa shape index (κ1) is 119. The number of amides is 18. The number of aliphatic carboxylic acids is 1. The second-order valence-electron chi connectivity index (χ2n) is 34.0. The largest absolute Gasteiger partial charge is 0.481 e. The van der Waals surface area contributed by atoms with E-state index < -0.39 is 311 Å². The van der Waals surface area contributed by atoms with Gasteiger partial charge < -0.3 is 156 Å². The number of benzene rings is 1. The van der Waals surface area contributed by atoms with E-state index in [9.17, 15) is 43.5 Å². The summed E-state index contributed by atoms with van der Waals surface area (Å²) in [4.78, 5) is 284. The molecule has 0 aliphatic carbocycles. The molecule has 18 amide bonds. The highest BCUT2D eigenvalue weighted by Crippen LogP contribution is 2.28. The van der Waals surface area contributed by atoms with Crippen molar-refractivity contribution >= 4 is 207 Å². The van der Waals surface area contributed by atoms with Crippen molar-refractivity contribution in [3.05, 3.63) is 35.9 Å². The summed E-state index contributed by atoms with van der Waals surface area (Å²) in [5.74, 6) is -28.9. The van der Waals surface area contributed by atoms with Crippen LogP contribution in [0, 0.1) is 44.8 Å². The van der Waals surface area contributed by atoms with Crippen molar-refractivity contribution in [2.24, 2.45) is 46.4 Å². The molecule has 1 aromatic rings. The molecule has 59 heteroatoms. The number of rotatable bonds is 29. The topological polar surface area (TPSA) is 871 Å². The maximum absolute atomic E-state index is 15.7. The average molecular weight is 2100 g/mol. The first-order valence-corrected chi connectivity index (χ1v) is 53.1. The number of hydrogen-bond acceptors (Lipinski definition) is 30. The monoisotopic (exact) mass is 2090 g/mol. The van der Waals surface area contributed by atoms with E-state index in [1.54, 1.807) is 65.0 Å². The molecular weight excluding hydrogens is 1960 g/mol. The van der Waals surface area contributed by atoms with Crippen LogP contribution in [0.25, 0.3) is 0 Å². The number of hydrogen-bond donors (Lipinski definition) is 34. The normalized spacial score (nSPS) is 25.7. The molecule has 0 unspecified atom stereocenters. The molecule has 4 heterocycles. The zero-order valence-corrected chi connectivity index (χ0v) is 83.9. The summed E-state index contributed by atoms with van der Waals surface area (Å²) in [5, 5.41) is 109. The third kappa shape index (κ3) is 45.0. The first-order chi connectivity index (χ1) is 66.8. The summed E-state index contributed by atoms with van der Waals surface area (Å²) in [5.41, 5.74) is 28.5. The zero-order chi connectivity index (χ0) is 105. The van der Waals surface area contributed by atoms with E-state index in [1.165, 1.54) is 6.92 Å². The van der Waals surface area contributed by atoms with Crippen LogP contribution in [0.5, 0.6) is 0 Å². The van der Waals surface area contributed by atoms with E-state index >= 15 is 52.7 Å². The molecule has 4 saturated heterocycles. The molecule has 4 aliphatic rings. The predicted molar refractivity (Wildman–Crippen MR) is 534 cm³/mol. The lowest BCUT2D eigenvalue weighted by molar-refractivity contribution is -0.141. The molecule has 0 spiro atoms. The van der Waals surface area contributed by atoms with Gasteiger partial charge in [-0.1, -0.05) is 143 Å². The fraction of sp³-hybridized carbons (Fsp3) is 0.634. The van der Waals surface area contributed by atoms with Crippen LogP contribution in [0.3, 0.4) is 0 Å². The number of nitrogens with two attached hydrogens (primary N) is 5. The van der Waals surface area contributed by atoms with Crippen LogP contribution in [0.4, 0.5) is 0 Å². The van der Waals surface area contributed by atoms with Crippen molar-refractivity contribution in [3.8, 4) is 0 Å². The van der Waals surface area contributed by atoms with Crippen molar-refractivity contribution in [2.75, 3.05) is 80.3 Å². The smallest absolute Gasteiger partial charge is 0.305 e. The average Bonchev–Trinajstić information content (AvgIpc) is 0.843. The van der Waals surface area contributed by atoms with Gasteiger partial charge in [-0.25, -0.2) is 0 Å². The quantitative estimate of drug-likeness (QED) is 0.0153. The van der Waals surface area contributed by atoms with Gasteiger partial charge in [-0.2, -0.15) is 0 Å². The Balaban J connectivity index is 1.87. The third-order valence-electron chi connectivity index (χ3n) is 21.7. The Morgan fingerprint density at radius 3 is 0.929 bits per heavy atom. The van der Waals surface area contributed by atoms with Crippen molar-refractivity contribution in [2.45, 2.75) is 228 Å². The lowest BCUT2D eigenvalue weighted by Gasteiger charge is -2.30. The Hall–Kier alpha value is -12.4. The second kappa shape index (κ2) is 62.7. The van der Waals surface area contributed by atoms with Gasteiger partial charge in [-0.05, 0) is 93.9 Å². The molecule has 5 rings (SSSR count). The van der Waals surface area contributed by atoms with Gasteiger partial charge >= 0.3 is 5.97 Å². The van der Waals surface area contributed by atoms with Crippen LogP contribution in [0.2, 0.25) is 0 Å². The van der Waals surface area contributed by atoms with E-state index in [4.69, 9.17) is 55.7 Å². The third-order valence-corrected chi connectivity index (χ3v) is 29.0. The minimum absolute atomic E-state index is 0.00145. The van der Waals surface area contributed by atoms with Crippen LogP contribution < -0.4 is 151 Å². The summed E-state index contributed by atoms with van der Waals surface area (Å²) >= 11 is 0. The van der Waals surface area contributed by atoms with Gasteiger partial charge in [0.1, 0.15) is 96.7 Å². The zero-order valence-electron chi connectivity index (χ0n) is 79.0. The SMILES string of the molecule is CC[C@H](C)[C@@H]1NC(=O)[C@@H]2CSSC[C@H](NC(=O)[C@H](CCCNC(=N)N)NC(=O)[C@@H]3CSSC[C@H](NC1=O)C(=O)N[C@@H](CC(=O)O)C(=O)N[C@@H](CCCNC(=N)N)C(=O)NCC(=O)N[C@@H](Cc1ccccc1)C(=O)N3)C(=O)N[C@@H](CC(C)C)C(=O)N[C@H]1CSSC[C@H](NC(=O)[C@H](C(C)C)NC(=O)CNC(=O)[C@H](CCCNC(=N)N)NC(=O)[C@H](CCCNC(=N)N)NC1=O)C(=O)N[C@@H](CCCNC(=N)N)C(=O)N2. The second-order valence-corrected chi connectivity index (χ2v) is 41.7. The highest BCUT2D eigenvalue weighted by Gasteiger charge is 2.42. The molecule has 0 aromatic heterocycles. The number of nitrogens with one attached hydrogen (secondary N) is 28. The Morgan fingerprint density at radius 1 is 0.340 bits per heavy atom. The highest BCUT2D eigenvalue weighted by atomic mass is 33.1. The lowest BCUT2D eigenvalue weighted by atomic mass is 9.97. The van der Waals surface area contributed by atoms with Gasteiger partial charge in [0.2, 0.25) is 106 Å². The van der Waals surface area contributed by atoms with E-state index in [0.29, 0.717) is 5.56 Å². The minimum atomic E-state index is -2.07. The van der Waals surface area contributed by atoms with Crippen molar-refractivity contribution in [1.29, 1.82) is 27.0 Å². The van der Waals surface area contributed by atoms with Crippen LogP contribution in [0.1, 0.15) is 131 Å². The molecule has 0 radical (unpaired) electrons. The Kier molecular flexibility index (Phi) is 53.0. The van der Waals surface area contributed by atoms with Gasteiger partial charge in [-0.15, -0.1) is 0 Å². The molecule has 53 nitrogen and oxygen atoms in total. The Morgan fingerprint density at radius 2 is 0.610 bits per heavy atom. The number of carboxylic acids is 1. The van der Waals surface area contributed by atoms with Crippen LogP contribution in [-0.4, -0.2) is 324 Å². The molecule has 1 aromatic carbocycles. The van der Waals surface area contributed by atoms with E-state index in [2.05, 4.69) is 122 Å². The summed E-state index contributed by atoms with van der Waals surface area (Å²) < 4.78 is 0. The van der Waals surface area contributed by atoms with Crippen molar-refractivity contribution in [3.63, 3.8) is 0 Å². The molecule has 4 fully saturated rings. The van der Waals surface area contributed by atoms with Gasteiger partial charge in [0.15, 0.2) is 29.8 Å². The number of carboxylic acid groups (broad SMARTS) is 1. The molecule has 6 bridgehead atoms. The van der Waals surface area contributed by atoms with Crippen molar-refractivity contribution in [1.82, 2.24) is 122 Å². The van der Waals surface area contributed by atoms with Crippen molar-refractivity contribution < 1.29 is 96.2 Å². The molecular formula is C82H135N33O20S6. The van der Waals surface area contributed by atoms with E-state index in [-0.39, 0.29) is 116 Å². The highest BCUT2D eigenvalue weighted by molar-refractivity contribution is 8.77. The van der Waals surface area contributed by atoms with E-state index in [0.717, 1.165) is 64.8 Å². The standard InChI is InChI=1S/C82H135N33O20S6/c1-7-41(6)61-77(135)113-55-37-140-137-34-52(111-68(126)49(29-42-16-9-8-10-17-42)100-57(116)31-98-63(121)44(19-12-24-94-79(85)86)102-69(127)50(30-59(118)119)107-74(55)132)71(129)104-46(21-14-26-96-81(89)90)65(123)108-53-35-138-141-38-56(75(133)115-61)109-66(124)47(22-15-27-97-82(91)92)105-72(130)54-36-139-136-33-51(110-67(125)48(28-39(2)3)106-73(53)131)70(128)103-45(20-13-25-95-80(87)88)64(122)101-43(18-11-23-93-78(83)84)62(120)99-32-58(117)114-60(40(4)5)76(134)112-54/h8-10,16-17,39-41,43-56,60-61H,7,11-15,18-38H2,1-6H3,(H,98,121)(H,99,120)(H,100,116)(H,101,122)(H,102,127)(H,103,128)(H,104,129)(H,105,130)(H,106,131)(H,107,132)(H,108,123)(H,109,124)(H,110,125)(H,111,126)(H,112,134)(H,113,135)(H,114,117)(H,115,133)(H,118,119)(H4,83,84,93)(H4,85,86,94)(H4,87,88,95)(H4,89,90,96)(H4,91,92,97)/t41-,43-,44-,45-,46-,47-,48-,49-,50-,51-,52-,53-,54-,55-,56-,60-,61-/m0/s1. The van der Waals surface area contributed by atoms with Crippen LogP contribution in [0.15, 0.2) is 30.3 Å².